The fourth-order valence-electron chi connectivity index (χ4n) is 1.79. The molecule has 2 rings (SSSR count). The van der Waals surface area contributed by atoms with Crippen molar-refractivity contribution in [3.05, 3.63) is 40.2 Å². The van der Waals surface area contributed by atoms with Gasteiger partial charge >= 0.3 is 0 Å². The predicted octanol–water partition coefficient (Wildman–Crippen LogP) is 4.42. The maximum absolute atomic E-state index is 13.8. The van der Waals surface area contributed by atoms with E-state index < -0.39 is 17.5 Å². The Labute approximate surface area is 126 Å². The van der Waals surface area contributed by atoms with Crippen molar-refractivity contribution in [3.8, 4) is 10.6 Å². The molecule has 114 valence electrons. The molecule has 0 fully saturated rings. The van der Waals surface area contributed by atoms with E-state index in [0.717, 1.165) is 10.6 Å². The van der Waals surface area contributed by atoms with Crippen molar-refractivity contribution in [1.29, 1.82) is 0 Å². The molecule has 0 aliphatic carbocycles. The Morgan fingerprint density at radius 3 is 2.24 bits per heavy atom. The van der Waals surface area contributed by atoms with Crippen molar-refractivity contribution in [1.82, 2.24) is 10.3 Å². The average molecular weight is 314 g/mol. The summed E-state index contributed by atoms with van der Waals surface area (Å²) in [4.78, 5) is 5.11. The van der Waals surface area contributed by atoms with E-state index in [1.54, 1.807) is 6.92 Å². The molecule has 0 unspecified atom stereocenters. The molecular weight excluding hydrogens is 297 g/mol. The minimum atomic E-state index is -0.934. The zero-order valence-electron chi connectivity index (χ0n) is 12.4. The maximum atomic E-state index is 13.8. The third kappa shape index (κ3) is 3.83. The Bertz CT molecular complexity index is 636. The highest BCUT2D eigenvalue weighted by molar-refractivity contribution is 7.15. The van der Waals surface area contributed by atoms with Gasteiger partial charge in [0, 0.05) is 29.1 Å². The van der Waals surface area contributed by atoms with Crippen LogP contribution in [-0.4, -0.2) is 10.5 Å². The fraction of sp³-hybridized carbons (Fsp3) is 0.400. The van der Waals surface area contributed by atoms with Crippen LogP contribution in [0.5, 0.6) is 0 Å². The largest absolute Gasteiger partial charge is 0.307 e. The molecule has 0 aliphatic rings. The van der Waals surface area contributed by atoms with Crippen molar-refractivity contribution < 1.29 is 13.2 Å². The molecule has 0 spiro atoms. The van der Waals surface area contributed by atoms with Crippen molar-refractivity contribution in [2.75, 3.05) is 0 Å². The van der Waals surface area contributed by atoms with E-state index in [0.29, 0.717) is 18.7 Å². The first-order chi connectivity index (χ1) is 9.67. The van der Waals surface area contributed by atoms with Gasteiger partial charge in [-0.15, -0.1) is 11.3 Å². The maximum Gasteiger partial charge on any atom is 0.139 e. The highest BCUT2D eigenvalue weighted by atomic mass is 32.1. The van der Waals surface area contributed by atoms with Gasteiger partial charge in [0.2, 0.25) is 0 Å². The lowest BCUT2D eigenvalue weighted by Gasteiger charge is -2.19. The topological polar surface area (TPSA) is 24.9 Å². The molecule has 1 aromatic heterocycles. The van der Waals surface area contributed by atoms with E-state index in [1.807, 2.05) is 20.8 Å². The lowest BCUT2D eigenvalue weighted by molar-refractivity contribution is 0.425. The third-order valence-electron chi connectivity index (χ3n) is 2.89. The SMILES string of the molecule is Cc1nc(-c2c(F)cc(F)cc2F)sc1CNC(C)(C)C. The second-order valence-corrected chi connectivity index (χ2v) is 6.96. The summed E-state index contributed by atoms with van der Waals surface area (Å²) >= 11 is 1.21. The highest BCUT2D eigenvalue weighted by Crippen LogP contribution is 2.32. The third-order valence-corrected chi connectivity index (χ3v) is 4.07. The van der Waals surface area contributed by atoms with E-state index >= 15 is 0 Å². The monoisotopic (exact) mass is 314 g/mol. The second-order valence-electron chi connectivity index (χ2n) is 5.88. The highest BCUT2D eigenvalue weighted by Gasteiger charge is 2.19. The molecule has 21 heavy (non-hydrogen) atoms. The van der Waals surface area contributed by atoms with Gasteiger partial charge < -0.3 is 5.32 Å². The molecule has 1 aromatic carbocycles. The van der Waals surface area contributed by atoms with Crippen LogP contribution < -0.4 is 5.32 Å². The number of hydrogen-bond donors (Lipinski definition) is 1. The van der Waals surface area contributed by atoms with Gasteiger partial charge in [0.25, 0.3) is 0 Å². The number of rotatable bonds is 3. The zero-order chi connectivity index (χ0) is 15.8. The standard InChI is InChI=1S/C15H17F3N2S/c1-8-12(7-19-15(2,3)4)21-14(20-8)13-10(17)5-9(16)6-11(13)18/h5-6,19H,7H2,1-4H3. The number of thiazole rings is 1. The van der Waals surface area contributed by atoms with Crippen LogP contribution in [0.25, 0.3) is 10.6 Å². The lowest BCUT2D eigenvalue weighted by atomic mass is 10.1. The van der Waals surface area contributed by atoms with Gasteiger partial charge in [0.1, 0.15) is 22.5 Å². The summed E-state index contributed by atoms with van der Waals surface area (Å²) in [6, 6.07) is 1.34. The molecule has 0 bridgehead atoms. The Kier molecular flexibility index (Phi) is 4.39. The summed E-state index contributed by atoms with van der Waals surface area (Å²) in [5.74, 6) is -2.80. The van der Waals surface area contributed by atoms with Gasteiger partial charge in [-0.25, -0.2) is 18.2 Å². The van der Waals surface area contributed by atoms with E-state index in [9.17, 15) is 13.2 Å². The van der Waals surface area contributed by atoms with Crippen LogP contribution in [0.3, 0.4) is 0 Å². The molecule has 0 aliphatic heterocycles. The molecule has 6 heteroatoms. The molecular formula is C15H17F3N2S. The zero-order valence-corrected chi connectivity index (χ0v) is 13.2. The van der Waals surface area contributed by atoms with Crippen LogP contribution in [0.4, 0.5) is 13.2 Å². The first-order valence-electron chi connectivity index (χ1n) is 6.53. The van der Waals surface area contributed by atoms with Crippen LogP contribution in [-0.2, 0) is 6.54 Å². The number of nitrogens with zero attached hydrogens (tertiary/aromatic N) is 1. The van der Waals surface area contributed by atoms with Gasteiger partial charge in [-0.1, -0.05) is 0 Å². The van der Waals surface area contributed by atoms with Crippen LogP contribution in [0.1, 0.15) is 31.3 Å². The van der Waals surface area contributed by atoms with Crippen molar-refractivity contribution >= 4 is 11.3 Å². The van der Waals surface area contributed by atoms with E-state index in [4.69, 9.17) is 0 Å². The molecule has 0 saturated heterocycles. The van der Waals surface area contributed by atoms with Gasteiger partial charge in [-0.3, -0.25) is 0 Å². The number of aromatic nitrogens is 1. The molecule has 0 amide bonds. The van der Waals surface area contributed by atoms with Gasteiger partial charge in [0.05, 0.1) is 11.3 Å². The number of halogens is 3. The van der Waals surface area contributed by atoms with Crippen LogP contribution in [0.2, 0.25) is 0 Å². The number of hydrogen-bond acceptors (Lipinski definition) is 3. The summed E-state index contributed by atoms with van der Waals surface area (Å²) in [5, 5.41) is 3.53. The summed E-state index contributed by atoms with van der Waals surface area (Å²) in [6.45, 7) is 8.45. The smallest absolute Gasteiger partial charge is 0.139 e. The lowest BCUT2D eigenvalue weighted by Crippen LogP contribution is -2.34. The molecule has 1 N–H and O–H groups in total. The van der Waals surface area contributed by atoms with E-state index in [1.165, 1.54) is 11.3 Å². The first kappa shape index (κ1) is 16.0. The number of nitrogens with one attached hydrogen (secondary N) is 1. The van der Waals surface area contributed by atoms with Crippen molar-refractivity contribution in [3.63, 3.8) is 0 Å². The molecule has 2 nitrogen and oxygen atoms in total. The van der Waals surface area contributed by atoms with Crippen LogP contribution >= 0.6 is 11.3 Å². The van der Waals surface area contributed by atoms with Gasteiger partial charge in [-0.05, 0) is 27.7 Å². The van der Waals surface area contributed by atoms with E-state index in [2.05, 4.69) is 10.3 Å². The Balaban J connectivity index is 2.35. The minimum Gasteiger partial charge on any atom is -0.307 e. The Hall–Kier alpha value is -1.40. The predicted molar refractivity (Wildman–Crippen MR) is 78.8 cm³/mol. The average Bonchev–Trinajstić information content (AvgIpc) is 2.65. The van der Waals surface area contributed by atoms with Gasteiger partial charge in [-0.2, -0.15) is 0 Å². The summed E-state index contributed by atoms with van der Waals surface area (Å²) in [6.07, 6.45) is 0. The molecule has 0 radical (unpaired) electrons. The minimum absolute atomic E-state index is 0.0665. The van der Waals surface area contributed by atoms with Crippen LogP contribution in [0.15, 0.2) is 12.1 Å². The Morgan fingerprint density at radius 1 is 1.14 bits per heavy atom. The summed E-state index contributed by atoms with van der Waals surface area (Å²) in [7, 11) is 0. The Morgan fingerprint density at radius 2 is 1.71 bits per heavy atom. The molecule has 2 aromatic rings. The fourth-order valence-corrected chi connectivity index (χ4v) is 2.84. The van der Waals surface area contributed by atoms with Crippen molar-refractivity contribution in [2.45, 2.75) is 39.8 Å². The second kappa shape index (κ2) is 5.77. The normalized spacial score (nSPS) is 12.0. The van der Waals surface area contributed by atoms with Crippen LogP contribution in [0, 0.1) is 24.4 Å². The summed E-state index contributed by atoms with van der Waals surface area (Å²) < 4.78 is 40.5. The van der Waals surface area contributed by atoms with Gasteiger partial charge in [0.15, 0.2) is 0 Å². The molecule has 0 atom stereocenters. The first-order valence-corrected chi connectivity index (χ1v) is 7.35. The van der Waals surface area contributed by atoms with E-state index in [-0.39, 0.29) is 16.1 Å². The molecule has 1 heterocycles. The number of benzene rings is 1. The quantitative estimate of drug-likeness (QED) is 0.907. The summed E-state index contributed by atoms with van der Waals surface area (Å²) in [5.41, 5.74) is 0.379. The number of aryl methyl sites for hydroxylation is 1. The molecule has 0 saturated carbocycles. The van der Waals surface area contributed by atoms with Crippen molar-refractivity contribution in [2.24, 2.45) is 0 Å².